The fourth-order valence-electron chi connectivity index (χ4n) is 2.86. The van der Waals surface area contributed by atoms with Crippen molar-refractivity contribution in [2.24, 2.45) is 0 Å². The van der Waals surface area contributed by atoms with E-state index in [0.717, 1.165) is 24.0 Å². The number of aliphatic hydroxyl groups is 1. The van der Waals surface area contributed by atoms with Crippen LogP contribution in [-0.2, 0) is 15.8 Å². The summed E-state index contributed by atoms with van der Waals surface area (Å²) in [7, 11) is 0. The zero-order chi connectivity index (χ0) is 16.5. The average Bonchev–Trinajstić information content (AvgIpc) is 3.36. The Hall–Kier alpha value is -1.84. The third-order valence-electron chi connectivity index (χ3n) is 4.57. The van der Waals surface area contributed by atoms with Crippen molar-refractivity contribution in [3.63, 3.8) is 0 Å². The molecule has 0 bridgehead atoms. The maximum atomic E-state index is 12.6. The molecule has 0 radical (unpaired) electrons. The molecule has 4 heteroatoms. The van der Waals surface area contributed by atoms with Gasteiger partial charge in [-0.15, -0.1) is 0 Å². The Balaban J connectivity index is 1.69. The minimum absolute atomic E-state index is 0.0315. The van der Waals surface area contributed by atoms with Crippen molar-refractivity contribution in [3.05, 3.63) is 70.7 Å². The molecule has 2 N–H and O–H groups in total. The molecule has 2 aromatic carbocycles. The highest BCUT2D eigenvalue weighted by Crippen LogP contribution is 2.48. The zero-order valence-corrected chi connectivity index (χ0v) is 13.8. The van der Waals surface area contributed by atoms with Crippen LogP contribution in [0.15, 0.2) is 54.6 Å². The summed E-state index contributed by atoms with van der Waals surface area (Å²) in [6.45, 7) is 1.90. The molecule has 1 aliphatic rings. The van der Waals surface area contributed by atoms with E-state index in [0.29, 0.717) is 5.02 Å². The summed E-state index contributed by atoms with van der Waals surface area (Å²) in [6.07, 6.45) is 1.65. The molecule has 0 aliphatic heterocycles. The Bertz CT molecular complexity index is 691. The van der Waals surface area contributed by atoms with Crippen LogP contribution in [0.5, 0.6) is 0 Å². The van der Waals surface area contributed by atoms with Crippen LogP contribution in [0.4, 0.5) is 0 Å². The summed E-state index contributed by atoms with van der Waals surface area (Å²) in [5.41, 5.74) is 0.222. The second-order valence-electron chi connectivity index (χ2n) is 6.41. The van der Waals surface area contributed by atoms with Gasteiger partial charge in [0.1, 0.15) is 5.60 Å². The quantitative estimate of drug-likeness (QED) is 0.883. The predicted molar refractivity (Wildman–Crippen MR) is 91.4 cm³/mol. The van der Waals surface area contributed by atoms with Gasteiger partial charge in [-0.05, 0) is 43.0 Å². The first kappa shape index (κ1) is 16.0. The number of benzene rings is 2. The van der Waals surface area contributed by atoms with Crippen molar-refractivity contribution in [1.82, 2.24) is 5.32 Å². The van der Waals surface area contributed by atoms with E-state index in [1.165, 1.54) is 0 Å². The van der Waals surface area contributed by atoms with Gasteiger partial charge in [0, 0.05) is 5.02 Å². The number of hydrogen-bond acceptors (Lipinski definition) is 2. The van der Waals surface area contributed by atoms with Gasteiger partial charge in [-0.25, -0.2) is 0 Å². The molecule has 1 amide bonds. The Morgan fingerprint density at radius 3 is 2.35 bits per heavy atom. The number of nitrogens with one attached hydrogen (secondary N) is 1. The van der Waals surface area contributed by atoms with Crippen LogP contribution in [-0.4, -0.2) is 17.6 Å². The lowest BCUT2D eigenvalue weighted by atomic mass is 9.93. The first-order valence-corrected chi connectivity index (χ1v) is 8.14. The number of hydrogen-bond donors (Lipinski definition) is 2. The monoisotopic (exact) mass is 329 g/mol. The standard InChI is InChI=1S/C19H20ClNO2/c1-18(23,14-5-3-2-4-6-14)13-21-17(22)19(11-12-19)15-7-9-16(20)10-8-15/h2-10,23H,11-13H2,1H3,(H,21,22). The fourth-order valence-corrected chi connectivity index (χ4v) is 2.99. The molecular weight excluding hydrogens is 310 g/mol. The first-order valence-electron chi connectivity index (χ1n) is 7.76. The molecular formula is C19H20ClNO2. The lowest BCUT2D eigenvalue weighted by Gasteiger charge is -2.26. The van der Waals surface area contributed by atoms with Crippen LogP contribution in [0.2, 0.25) is 5.02 Å². The maximum Gasteiger partial charge on any atom is 0.230 e. The largest absolute Gasteiger partial charge is 0.384 e. The number of rotatable bonds is 5. The van der Waals surface area contributed by atoms with Gasteiger partial charge < -0.3 is 10.4 Å². The molecule has 0 spiro atoms. The van der Waals surface area contributed by atoms with Crippen LogP contribution in [0.3, 0.4) is 0 Å². The Morgan fingerprint density at radius 2 is 1.78 bits per heavy atom. The van der Waals surface area contributed by atoms with E-state index in [4.69, 9.17) is 11.6 Å². The number of halogens is 1. The van der Waals surface area contributed by atoms with Crippen molar-refractivity contribution in [1.29, 1.82) is 0 Å². The molecule has 0 heterocycles. The molecule has 1 saturated carbocycles. The SMILES string of the molecule is CC(O)(CNC(=O)C1(c2ccc(Cl)cc2)CC1)c1ccccc1. The summed E-state index contributed by atoms with van der Waals surface area (Å²) in [5.74, 6) is -0.0315. The summed E-state index contributed by atoms with van der Waals surface area (Å²) >= 11 is 5.92. The van der Waals surface area contributed by atoms with Crippen LogP contribution < -0.4 is 5.32 Å². The maximum absolute atomic E-state index is 12.6. The lowest BCUT2D eigenvalue weighted by Crippen LogP contribution is -2.43. The van der Waals surface area contributed by atoms with E-state index >= 15 is 0 Å². The van der Waals surface area contributed by atoms with Crippen LogP contribution in [0.1, 0.15) is 30.9 Å². The second kappa shape index (κ2) is 5.99. The normalized spacial score (nSPS) is 18.0. The molecule has 3 nitrogen and oxygen atoms in total. The Morgan fingerprint density at radius 1 is 1.17 bits per heavy atom. The average molecular weight is 330 g/mol. The number of carbonyl (C=O) groups is 1. The highest BCUT2D eigenvalue weighted by atomic mass is 35.5. The molecule has 2 aromatic rings. The Labute approximate surface area is 141 Å². The van der Waals surface area contributed by atoms with Crippen molar-refractivity contribution < 1.29 is 9.90 Å². The second-order valence-corrected chi connectivity index (χ2v) is 6.85. The molecule has 1 aliphatic carbocycles. The molecule has 1 unspecified atom stereocenters. The van der Waals surface area contributed by atoms with Crippen molar-refractivity contribution in [3.8, 4) is 0 Å². The van der Waals surface area contributed by atoms with Gasteiger partial charge in [0.05, 0.1) is 12.0 Å². The minimum atomic E-state index is -1.09. The van der Waals surface area contributed by atoms with Gasteiger partial charge in [0.25, 0.3) is 0 Å². The van der Waals surface area contributed by atoms with Gasteiger partial charge in [0.15, 0.2) is 0 Å². The number of amides is 1. The van der Waals surface area contributed by atoms with Crippen LogP contribution in [0, 0.1) is 0 Å². The van der Waals surface area contributed by atoms with Gasteiger partial charge in [-0.2, -0.15) is 0 Å². The highest BCUT2D eigenvalue weighted by molar-refractivity contribution is 6.30. The minimum Gasteiger partial charge on any atom is -0.384 e. The zero-order valence-electron chi connectivity index (χ0n) is 13.1. The van der Waals surface area contributed by atoms with E-state index in [2.05, 4.69) is 5.32 Å². The Kier molecular flexibility index (Phi) is 4.17. The van der Waals surface area contributed by atoms with Crippen molar-refractivity contribution >= 4 is 17.5 Å². The molecule has 1 fully saturated rings. The summed E-state index contributed by atoms with van der Waals surface area (Å²) in [5, 5.41) is 14.2. The van der Waals surface area contributed by atoms with Crippen LogP contribution in [0.25, 0.3) is 0 Å². The molecule has 23 heavy (non-hydrogen) atoms. The summed E-state index contributed by atoms with van der Waals surface area (Å²) < 4.78 is 0. The van der Waals surface area contributed by atoms with Gasteiger partial charge in [0.2, 0.25) is 5.91 Å². The topological polar surface area (TPSA) is 49.3 Å². The summed E-state index contributed by atoms with van der Waals surface area (Å²) in [6, 6.07) is 16.8. The third-order valence-corrected chi connectivity index (χ3v) is 4.82. The molecule has 1 atom stereocenters. The van der Waals surface area contributed by atoms with Crippen molar-refractivity contribution in [2.75, 3.05) is 6.54 Å². The fraction of sp³-hybridized carbons (Fsp3) is 0.316. The summed E-state index contributed by atoms with van der Waals surface area (Å²) in [4.78, 5) is 12.6. The van der Waals surface area contributed by atoms with E-state index in [1.54, 1.807) is 6.92 Å². The van der Waals surface area contributed by atoms with E-state index in [-0.39, 0.29) is 12.5 Å². The smallest absolute Gasteiger partial charge is 0.230 e. The molecule has 0 saturated heterocycles. The van der Waals surface area contributed by atoms with Gasteiger partial charge >= 0.3 is 0 Å². The highest BCUT2D eigenvalue weighted by Gasteiger charge is 2.51. The third kappa shape index (κ3) is 3.26. The van der Waals surface area contributed by atoms with E-state index in [9.17, 15) is 9.90 Å². The first-order chi connectivity index (χ1) is 10.9. The number of carbonyl (C=O) groups excluding carboxylic acids is 1. The van der Waals surface area contributed by atoms with Crippen LogP contribution >= 0.6 is 11.6 Å². The molecule has 0 aromatic heterocycles. The molecule has 3 rings (SSSR count). The van der Waals surface area contributed by atoms with Gasteiger partial charge in [-0.3, -0.25) is 4.79 Å². The van der Waals surface area contributed by atoms with E-state index < -0.39 is 11.0 Å². The van der Waals surface area contributed by atoms with Crippen molar-refractivity contribution in [2.45, 2.75) is 30.8 Å². The lowest BCUT2D eigenvalue weighted by molar-refractivity contribution is -0.124. The molecule has 120 valence electrons. The predicted octanol–water partition coefficient (Wildman–Crippen LogP) is 3.40. The van der Waals surface area contributed by atoms with Gasteiger partial charge in [-0.1, -0.05) is 54.1 Å². The van der Waals surface area contributed by atoms with E-state index in [1.807, 2.05) is 54.6 Å².